The topological polar surface area (TPSA) is 59.8 Å². The number of carbonyl (C=O) groups excluding carboxylic acids is 1. The minimum atomic E-state index is -0.345. The van der Waals surface area contributed by atoms with Gasteiger partial charge in [-0.3, -0.25) is 9.48 Å². The molecule has 21 heavy (non-hydrogen) atoms. The first kappa shape index (κ1) is 13.2. The third-order valence-corrected chi connectivity index (χ3v) is 3.18. The summed E-state index contributed by atoms with van der Waals surface area (Å²) >= 11 is 0. The standard InChI is InChI=1S/C15H13FN4O/c1-9-7-12(13-8-17-20(2)14(13)18-9)15(21)19-11-5-3-10(16)4-6-11/h3-8H,1-2H3,(H,19,21). The van der Waals surface area contributed by atoms with Gasteiger partial charge in [0.2, 0.25) is 0 Å². The van der Waals surface area contributed by atoms with Crippen molar-refractivity contribution in [1.29, 1.82) is 0 Å². The third-order valence-electron chi connectivity index (χ3n) is 3.18. The van der Waals surface area contributed by atoms with Gasteiger partial charge in [0.05, 0.1) is 17.1 Å². The van der Waals surface area contributed by atoms with Gasteiger partial charge in [-0.1, -0.05) is 0 Å². The van der Waals surface area contributed by atoms with E-state index in [9.17, 15) is 9.18 Å². The molecule has 0 saturated heterocycles. The molecular weight excluding hydrogens is 271 g/mol. The number of amides is 1. The number of carbonyl (C=O) groups is 1. The number of fused-ring (bicyclic) bond motifs is 1. The number of hydrogen-bond acceptors (Lipinski definition) is 3. The first-order chi connectivity index (χ1) is 10.0. The average Bonchev–Trinajstić information content (AvgIpc) is 2.82. The Labute approximate surface area is 120 Å². The lowest BCUT2D eigenvalue weighted by molar-refractivity contribution is 0.102. The summed E-state index contributed by atoms with van der Waals surface area (Å²) in [4.78, 5) is 16.8. The third kappa shape index (κ3) is 2.47. The summed E-state index contributed by atoms with van der Waals surface area (Å²) in [5, 5.41) is 7.55. The van der Waals surface area contributed by atoms with Crippen molar-refractivity contribution in [2.75, 3.05) is 5.32 Å². The summed E-state index contributed by atoms with van der Waals surface area (Å²) in [7, 11) is 1.77. The lowest BCUT2D eigenvalue weighted by atomic mass is 10.1. The van der Waals surface area contributed by atoms with E-state index in [4.69, 9.17) is 0 Å². The molecule has 0 aliphatic heterocycles. The fraction of sp³-hybridized carbons (Fsp3) is 0.133. The van der Waals surface area contributed by atoms with E-state index in [2.05, 4.69) is 15.4 Å². The number of anilines is 1. The van der Waals surface area contributed by atoms with E-state index < -0.39 is 0 Å². The van der Waals surface area contributed by atoms with Crippen LogP contribution < -0.4 is 5.32 Å². The molecule has 3 rings (SSSR count). The molecule has 0 aliphatic rings. The fourth-order valence-corrected chi connectivity index (χ4v) is 2.16. The van der Waals surface area contributed by atoms with Crippen molar-refractivity contribution in [3.05, 3.63) is 53.6 Å². The first-order valence-corrected chi connectivity index (χ1v) is 6.41. The largest absolute Gasteiger partial charge is 0.322 e. The molecule has 106 valence electrons. The summed E-state index contributed by atoms with van der Waals surface area (Å²) in [5.74, 6) is -0.618. The minimum Gasteiger partial charge on any atom is -0.322 e. The average molecular weight is 284 g/mol. The van der Waals surface area contributed by atoms with Crippen molar-refractivity contribution in [3.8, 4) is 0 Å². The van der Waals surface area contributed by atoms with E-state index in [0.717, 1.165) is 5.69 Å². The number of pyridine rings is 1. The molecule has 0 saturated carbocycles. The number of nitrogens with zero attached hydrogens (tertiary/aromatic N) is 3. The maximum Gasteiger partial charge on any atom is 0.256 e. The van der Waals surface area contributed by atoms with Gasteiger partial charge >= 0.3 is 0 Å². The maximum absolute atomic E-state index is 12.9. The summed E-state index contributed by atoms with van der Waals surface area (Å²) in [6.07, 6.45) is 1.61. The molecule has 1 N–H and O–H groups in total. The van der Waals surface area contributed by atoms with Crippen molar-refractivity contribution in [2.45, 2.75) is 6.92 Å². The highest BCUT2D eigenvalue weighted by atomic mass is 19.1. The zero-order valence-electron chi connectivity index (χ0n) is 11.6. The lowest BCUT2D eigenvalue weighted by Crippen LogP contribution is -2.13. The first-order valence-electron chi connectivity index (χ1n) is 6.41. The van der Waals surface area contributed by atoms with Gasteiger partial charge in [-0.25, -0.2) is 9.37 Å². The molecule has 0 unspecified atom stereocenters. The van der Waals surface area contributed by atoms with Gasteiger partial charge in [-0.2, -0.15) is 5.10 Å². The predicted octanol–water partition coefficient (Wildman–Crippen LogP) is 2.67. The second-order valence-corrected chi connectivity index (χ2v) is 4.78. The Balaban J connectivity index is 1.99. The zero-order valence-corrected chi connectivity index (χ0v) is 11.6. The molecule has 6 heteroatoms. The molecule has 1 amide bonds. The zero-order chi connectivity index (χ0) is 15.0. The smallest absolute Gasteiger partial charge is 0.256 e. The highest BCUT2D eigenvalue weighted by molar-refractivity contribution is 6.11. The lowest BCUT2D eigenvalue weighted by Gasteiger charge is -2.07. The Hall–Kier alpha value is -2.76. The van der Waals surface area contributed by atoms with E-state index in [1.165, 1.54) is 24.3 Å². The number of benzene rings is 1. The van der Waals surface area contributed by atoms with Crippen LogP contribution in [0.4, 0.5) is 10.1 Å². The van der Waals surface area contributed by atoms with Crippen molar-refractivity contribution in [3.63, 3.8) is 0 Å². The summed E-state index contributed by atoms with van der Waals surface area (Å²) < 4.78 is 14.5. The molecule has 0 radical (unpaired) electrons. The van der Waals surface area contributed by atoms with E-state index in [0.29, 0.717) is 22.3 Å². The Bertz CT molecular complexity index is 824. The van der Waals surface area contributed by atoms with Crippen molar-refractivity contribution in [2.24, 2.45) is 7.05 Å². The maximum atomic E-state index is 12.9. The fourth-order valence-electron chi connectivity index (χ4n) is 2.16. The second kappa shape index (κ2) is 4.97. The molecule has 0 spiro atoms. The summed E-state index contributed by atoms with van der Waals surface area (Å²) in [5.41, 5.74) is 2.41. The Morgan fingerprint density at radius 1 is 1.29 bits per heavy atom. The molecule has 0 bridgehead atoms. The second-order valence-electron chi connectivity index (χ2n) is 4.78. The molecule has 0 fully saturated rings. The SMILES string of the molecule is Cc1cc(C(=O)Nc2ccc(F)cc2)c2cnn(C)c2n1. The van der Waals surface area contributed by atoms with E-state index in [1.54, 1.807) is 24.0 Å². The number of hydrogen-bond donors (Lipinski definition) is 1. The molecule has 5 nitrogen and oxygen atoms in total. The van der Waals surface area contributed by atoms with Crippen LogP contribution in [0.5, 0.6) is 0 Å². The molecule has 2 aromatic heterocycles. The van der Waals surface area contributed by atoms with Crippen LogP contribution in [0.1, 0.15) is 16.1 Å². The van der Waals surface area contributed by atoms with Crippen molar-refractivity contribution < 1.29 is 9.18 Å². The highest BCUT2D eigenvalue weighted by Crippen LogP contribution is 2.19. The van der Waals surface area contributed by atoms with E-state index in [1.807, 2.05) is 6.92 Å². The number of aromatic nitrogens is 3. The normalized spacial score (nSPS) is 10.8. The van der Waals surface area contributed by atoms with Gasteiger partial charge in [0.15, 0.2) is 5.65 Å². The van der Waals surface area contributed by atoms with Crippen LogP contribution >= 0.6 is 0 Å². The quantitative estimate of drug-likeness (QED) is 0.787. The number of nitrogens with one attached hydrogen (secondary N) is 1. The number of rotatable bonds is 2. The van der Waals surface area contributed by atoms with Crippen LogP contribution in [-0.2, 0) is 7.05 Å². The predicted molar refractivity (Wildman–Crippen MR) is 77.6 cm³/mol. The van der Waals surface area contributed by atoms with Crippen LogP contribution in [-0.4, -0.2) is 20.7 Å². The van der Waals surface area contributed by atoms with Crippen LogP contribution in [0.3, 0.4) is 0 Å². The van der Waals surface area contributed by atoms with Gasteiger partial charge in [0, 0.05) is 18.4 Å². The summed E-state index contributed by atoms with van der Waals surface area (Å²) in [6, 6.07) is 7.34. The van der Waals surface area contributed by atoms with Crippen LogP contribution in [0.15, 0.2) is 36.5 Å². The van der Waals surface area contributed by atoms with Gasteiger partial charge in [-0.05, 0) is 37.3 Å². The number of halogens is 1. The van der Waals surface area contributed by atoms with E-state index >= 15 is 0 Å². The molecule has 0 aliphatic carbocycles. The monoisotopic (exact) mass is 284 g/mol. The minimum absolute atomic E-state index is 0.273. The van der Waals surface area contributed by atoms with Crippen LogP contribution in [0, 0.1) is 12.7 Å². The van der Waals surface area contributed by atoms with E-state index in [-0.39, 0.29) is 11.7 Å². The van der Waals surface area contributed by atoms with Gasteiger partial charge < -0.3 is 5.32 Å². The van der Waals surface area contributed by atoms with Gasteiger partial charge in [-0.15, -0.1) is 0 Å². The Morgan fingerprint density at radius 2 is 2.00 bits per heavy atom. The van der Waals surface area contributed by atoms with Crippen LogP contribution in [0.25, 0.3) is 11.0 Å². The Kier molecular flexibility index (Phi) is 3.13. The van der Waals surface area contributed by atoms with Crippen molar-refractivity contribution in [1.82, 2.24) is 14.8 Å². The van der Waals surface area contributed by atoms with Crippen LogP contribution in [0.2, 0.25) is 0 Å². The molecule has 2 heterocycles. The molecule has 3 aromatic rings. The summed E-state index contributed by atoms with van der Waals surface area (Å²) in [6.45, 7) is 1.82. The van der Waals surface area contributed by atoms with Crippen molar-refractivity contribution >= 4 is 22.6 Å². The number of aryl methyl sites for hydroxylation is 2. The molecule has 1 aromatic carbocycles. The van der Waals surface area contributed by atoms with Gasteiger partial charge in [0.1, 0.15) is 5.82 Å². The highest BCUT2D eigenvalue weighted by Gasteiger charge is 2.14. The molecule has 0 atom stereocenters. The molecular formula is C15H13FN4O. The van der Waals surface area contributed by atoms with Gasteiger partial charge in [0.25, 0.3) is 5.91 Å². The Morgan fingerprint density at radius 3 is 2.71 bits per heavy atom.